The standard InChI is InChI=1S/C24H22FN3O4S/c1-3-4-13-32-16-11-9-15(10-12-16)21(29)19-20(17-7-5-6-8-18(17)25)28(23(31)22(19)30)24-27-26-14(2)33-24/h5-12,20,29H,3-4,13H2,1-2H3/b21-19+. The first-order valence-corrected chi connectivity index (χ1v) is 11.3. The van der Waals surface area contributed by atoms with Crippen LogP contribution in [0.2, 0.25) is 0 Å². The maximum absolute atomic E-state index is 14.8. The van der Waals surface area contributed by atoms with Gasteiger partial charge in [0.15, 0.2) is 0 Å². The van der Waals surface area contributed by atoms with Gasteiger partial charge in [-0.1, -0.05) is 42.9 Å². The minimum Gasteiger partial charge on any atom is -0.507 e. The van der Waals surface area contributed by atoms with Crippen LogP contribution in [0.15, 0.2) is 54.1 Å². The summed E-state index contributed by atoms with van der Waals surface area (Å²) in [5.74, 6) is -2.21. The van der Waals surface area contributed by atoms with Crippen molar-refractivity contribution in [3.63, 3.8) is 0 Å². The molecule has 1 aliphatic heterocycles. The first kappa shape index (κ1) is 22.6. The van der Waals surface area contributed by atoms with Crippen molar-refractivity contribution in [1.29, 1.82) is 0 Å². The van der Waals surface area contributed by atoms with Gasteiger partial charge in [-0.15, -0.1) is 10.2 Å². The molecule has 0 spiro atoms. The Labute approximate surface area is 194 Å². The van der Waals surface area contributed by atoms with Crippen molar-refractivity contribution >= 4 is 33.9 Å². The fourth-order valence-electron chi connectivity index (χ4n) is 3.60. The van der Waals surface area contributed by atoms with Crippen molar-refractivity contribution in [2.75, 3.05) is 11.5 Å². The second-order valence-corrected chi connectivity index (χ2v) is 8.68. The number of amides is 1. The van der Waals surface area contributed by atoms with Gasteiger partial charge < -0.3 is 9.84 Å². The lowest BCUT2D eigenvalue weighted by Gasteiger charge is -2.22. The third-order valence-electron chi connectivity index (χ3n) is 5.26. The molecule has 0 saturated carbocycles. The summed E-state index contributed by atoms with van der Waals surface area (Å²) in [6, 6.07) is 11.2. The number of carbonyl (C=O) groups excluding carboxylic acids is 2. The van der Waals surface area contributed by atoms with Gasteiger partial charge in [0.1, 0.15) is 28.4 Å². The number of aliphatic hydroxyl groups is 1. The normalized spacial score (nSPS) is 17.5. The third kappa shape index (κ3) is 4.36. The summed E-state index contributed by atoms with van der Waals surface area (Å²) in [7, 11) is 0. The lowest BCUT2D eigenvalue weighted by Crippen LogP contribution is -2.29. The maximum Gasteiger partial charge on any atom is 0.301 e. The molecule has 0 radical (unpaired) electrons. The van der Waals surface area contributed by atoms with Gasteiger partial charge in [-0.3, -0.25) is 14.5 Å². The zero-order chi connectivity index (χ0) is 23.5. The molecule has 1 fully saturated rings. The highest BCUT2D eigenvalue weighted by atomic mass is 32.1. The van der Waals surface area contributed by atoms with Gasteiger partial charge >= 0.3 is 5.91 Å². The summed E-state index contributed by atoms with van der Waals surface area (Å²) in [6.07, 6.45) is 1.92. The Morgan fingerprint density at radius 3 is 2.52 bits per heavy atom. The zero-order valence-corrected chi connectivity index (χ0v) is 18.9. The largest absolute Gasteiger partial charge is 0.507 e. The number of Topliss-reactive ketones (excluding diaryl/α,β-unsaturated/α-hetero) is 1. The number of hydrogen-bond donors (Lipinski definition) is 1. The number of aliphatic hydroxyl groups excluding tert-OH is 1. The van der Waals surface area contributed by atoms with Crippen molar-refractivity contribution < 1.29 is 23.8 Å². The van der Waals surface area contributed by atoms with E-state index in [0.29, 0.717) is 22.9 Å². The van der Waals surface area contributed by atoms with Crippen LogP contribution < -0.4 is 9.64 Å². The summed E-state index contributed by atoms with van der Waals surface area (Å²) in [4.78, 5) is 27.1. The Kier molecular flexibility index (Phi) is 6.50. The van der Waals surface area contributed by atoms with Gasteiger partial charge in [-0.25, -0.2) is 4.39 Å². The fourth-order valence-corrected chi connectivity index (χ4v) is 4.32. The van der Waals surface area contributed by atoms with Gasteiger partial charge in [0.25, 0.3) is 5.78 Å². The third-order valence-corrected chi connectivity index (χ3v) is 6.10. The highest BCUT2D eigenvalue weighted by molar-refractivity contribution is 7.15. The van der Waals surface area contributed by atoms with Gasteiger partial charge in [0.05, 0.1) is 12.2 Å². The van der Waals surface area contributed by atoms with E-state index in [1.165, 1.54) is 18.2 Å². The monoisotopic (exact) mass is 467 g/mol. The summed E-state index contributed by atoms with van der Waals surface area (Å²) >= 11 is 1.10. The molecule has 1 amide bonds. The van der Waals surface area contributed by atoms with E-state index in [2.05, 4.69) is 17.1 Å². The molecular weight excluding hydrogens is 445 g/mol. The second-order valence-electron chi connectivity index (χ2n) is 7.52. The molecule has 1 saturated heterocycles. The second kappa shape index (κ2) is 9.50. The van der Waals surface area contributed by atoms with E-state index in [1.54, 1.807) is 37.3 Å². The van der Waals surface area contributed by atoms with Crippen LogP contribution in [0.3, 0.4) is 0 Å². The first-order chi connectivity index (χ1) is 15.9. The van der Waals surface area contributed by atoms with Crippen LogP contribution in [0.25, 0.3) is 5.76 Å². The molecule has 9 heteroatoms. The van der Waals surface area contributed by atoms with Crippen molar-refractivity contribution in [3.05, 3.63) is 76.1 Å². The van der Waals surface area contributed by atoms with Crippen molar-refractivity contribution in [2.45, 2.75) is 32.7 Å². The number of nitrogens with zero attached hydrogens (tertiary/aromatic N) is 3. The lowest BCUT2D eigenvalue weighted by atomic mass is 9.95. The molecule has 1 unspecified atom stereocenters. The summed E-state index contributed by atoms with van der Waals surface area (Å²) < 4.78 is 20.5. The number of benzene rings is 2. The predicted molar refractivity (Wildman–Crippen MR) is 123 cm³/mol. The van der Waals surface area contributed by atoms with Crippen molar-refractivity contribution in [3.8, 4) is 5.75 Å². The molecule has 1 atom stereocenters. The topological polar surface area (TPSA) is 92.6 Å². The smallest absolute Gasteiger partial charge is 0.301 e. The van der Waals surface area contributed by atoms with Crippen molar-refractivity contribution in [2.24, 2.45) is 0 Å². The number of aryl methyl sites for hydroxylation is 1. The van der Waals surface area contributed by atoms with Gasteiger partial charge in [0, 0.05) is 11.1 Å². The summed E-state index contributed by atoms with van der Waals surface area (Å²) in [5.41, 5.74) is 0.175. The van der Waals surface area contributed by atoms with Gasteiger partial charge in [-0.2, -0.15) is 0 Å². The van der Waals surface area contributed by atoms with Crippen LogP contribution in [0, 0.1) is 12.7 Å². The van der Waals surface area contributed by atoms with Crippen LogP contribution >= 0.6 is 11.3 Å². The highest BCUT2D eigenvalue weighted by Gasteiger charge is 2.49. The number of aromatic nitrogens is 2. The number of ether oxygens (including phenoxy) is 1. The molecule has 3 aromatic rings. The molecule has 0 bridgehead atoms. The van der Waals surface area contributed by atoms with E-state index in [1.807, 2.05) is 0 Å². The molecule has 4 rings (SSSR count). The SMILES string of the molecule is CCCCOc1ccc(/C(O)=C2\C(=O)C(=O)N(c3nnc(C)s3)C2c2ccccc2F)cc1. The molecule has 0 aliphatic carbocycles. The van der Waals surface area contributed by atoms with Crippen molar-refractivity contribution in [1.82, 2.24) is 10.2 Å². The Hall–Kier alpha value is -3.59. The number of unbranched alkanes of at least 4 members (excludes halogenated alkanes) is 1. The highest BCUT2D eigenvalue weighted by Crippen LogP contribution is 2.43. The van der Waals surface area contributed by atoms with E-state index in [-0.39, 0.29) is 16.3 Å². The Bertz CT molecular complexity index is 1220. The molecule has 2 heterocycles. The average molecular weight is 468 g/mol. The Balaban J connectivity index is 1.81. The number of rotatable bonds is 7. The molecule has 33 heavy (non-hydrogen) atoms. The van der Waals surface area contributed by atoms with E-state index in [4.69, 9.17) is 4.74 Å². The van der Waals surface area contributed by atoms with E-state index in [9.17, 15) is 19.1 Å². The summed E-state index contributed by atoms with van der Waals surface area (Å²) in [6.45, 7) is 4.34. The molecular formula is C24H22FN3O4S. The first-order valence-electron chi connectivity index (χ1n) is 10.5. The van der Waals surface area contributed by atoms with Crippen LogP contribution in [0.1, 0.15) is 41.9 Å². The molecule has 2 aromatic carbocycles. The average Bonchev–Trinajstić information content (AvgIpc) is 3.35. The minimum absolute atomic E-state index is 0.0747. The van der Waals surface area contributed by atoms with E-state index < -0.39 is 29.3 Å². The molecule has 1 aromatic heterocycles. The van der Waals surface area contributed by atoms with Gasteiger partial charge in [0.2, 0.25) is 5.13 Å². The fraction of sp³-hybridized carbons (Fsp3) is 0.250. The Morgan fingerprint density at radius 2 is 1.88 bits per heavy atom. The van der Waals surface area contributed by atoms with Crippen LogP contribution in [0.5, 0.6) is 5.75 Å². The zero-order valence-electron chi connectivity index (χ0n) is 18.1. The predicted octanol–water partition coefficient (Wildman–Crippen LogP) is 4.79. The molecule has 1 N–H and O–H groups in total. The number of hydrogen-bond acceptors (Lipinski definition) is 7. The quantitative estimate of drug-likeness (QED) is 0.232. The Morgan fingerprint density at radius 1 is 1.15 bits per heavy atom. The molecule has 170 valence electrons. The van der Waals surface area contributed by atoms with Crippen LogP contribution in [-0.2, 0) is 9.59 Å². The maximum atomic E-state index is 14.8. The number of carbonyl (C=O) groups is 2. The van der Waals surface area contributed by atoms with E-state index in [0.717, 1.165) is 29.1 Å². The number of ketones is 1. The molecule has 7 nitrogen and oxygen atoms in total. The number of halogens is 1. The minimum atomic E-state index is -1.18. The van der Waals surface area contributed by atoms with Crippen LogP contribution in [-0.4, -0.2) is 33.6 Å². The van der Waals surface area contributed by atoms with Gasteiger partial charge in [-0.05, 0) is 43.7 Å². The van der Waals surface area contributed by atoms with E-state index >= 15 is 0 Å². The summed E-state index contributed by atoms with van der Waals surface area (Å²) in [5, 5.41) is 19.7. The molecule has 1 aliphatic rings. The lowest BCUT2D eigenvalue weighted by molar-refractivity contribution is -0.132. The number of anilines is 1. The van der Waals surface area contributed by atoms with Crippen LogP contribution in [0.4, 0.5) is 9.52 Å².